The van der Waals surface area contributed by atoms with Crippen LogP contribution >= 0.6 is 23.2 Å². The van der Waals surface area contributed by atoms with Crippen molar-refractivity contribution < 1.29 is 19.4 Å². The third-order valence-electron chi connectivity index (χ3n) is 5.12. The number of amides is 1. The zero-order valence-corrected chi connectivity index (χ0v) is 19.2. The van der Waals surface area contributed by atoms with Crippen molar-refractivity contribution in [3.8, 4) is 5.75 Å². The second-order valence-electron chi connectivity index (χ2n) is 7.58. The van der Waals surface area contributed by atoms with E-state index in [0.717, 1.165) is 6.42 Å². The normalized spacial score (nSPS) is 21.3. The van der Waals surface area contributed by atoms with Gasteiger partial charge in [0, 0.05) is 29.7 Å². The van der Waals surface area contributed by atoms with Crippen molar-refractivity contribution in [3.05, 3.63) is 60.8 Å². The zero-order chi connectivity index (χ0) is 23.4. The lowest BCUT2D eigenvalue weighted by atomic mass is 10.1. The third-order valence-corrected chi connectivity index (χ3v) is 5.65. The van der Waals surface area contributed by atoms with Gasteiger partial charge in [-0.1, -0.05) is 36.5 Å². The number of nitrogens with one attached hydrogen (secondary N) is 2. The van der Waals surface area contributed by atoms with Gasteiger partial charge in [0.15, 0.2) is 6.10 Å². The van der Waals surface area contributed by atoms with Crippen LogP contribution in [0.25, 0.3) is 0 Å². The van der Waals surface area contributed by atoms with Crippen molar-refractivity contribution >= 4 is 29.1 Å². The Balaban J connectivity index is 1.59. The van der Waals surface area contributed by atoms with Gasteiger partial charge in [-0.25, -0.2) is 4.79 Å². The van der Waals surface area contributed by atoms with Gasteiger partial charge in [-0.3, -0.25) is 19.1 Å². The van der Waals surface area contributed by atoms with E-state index in [1.54, 1.807) is 19.1 Å². The van der Waals surface area contributed by atoms with Crippen molar-refractivity contribution in [1.29, 1.82) is 0 Å². The van der Waals surface area contributed by atoms with Gasteiger partial charge in [0.05, 0.1) is 11.1 Å². The highest BCUT2D eigenvalue weighted by Gasteiger charge is 2.36. The maximum Gasteiger partial charge on any atom is 0.330 e. The van der Waals surface area contributed by atoms with Crippen LogP contribution < -0.4 is 21.3 Å². The molecule has 1 amide bonds. The topological polar surface area (TPSA) is 123 Å². The molecule has 1 aliphatic heterocycles. The van der Waals surface area contributed by atoms with Crippen LogP contribution in [0.1, 0.15) is 38.5 Å². The average Bonchev–Trinajstić information content (AvgIpc) is 3.10. The standard InChI is InChI=1S/C21H25Cl2N3O6/c1-3-4-12-10-26(21(30)25-20(12)29)18-8-15(27)17(32-18)9-24-19(28)11(2)31-16-6-5-13(22)7-14(16)23/h5-7,10-11,15,17-18,27H,3-4,8-9H2,1-2H3,(H,24,28)(H,25,29,30)/t11?,15-,17+,18+/m0/s1. The molecule has 1 fully saturated rings. The highest BCUT2D eigenvalue weighted by Crippen LogP contribution is 2.29. The second kappa shape index (κ2) is 10.5. The van der Waals surface area contributed by atoms with E-state index in [1.165, 1.54) is 16.8 Å². The Morgan fingerprint density at radius 3 is 2.84 bits per heavy atom. The van der Waals surface area contributed by atoms with Crippen molar-refractivity contribution in [2.75, 3.05) is 6.54 Å². The van der Waals surface area contributed by atoms with Gasteiger partial charge >= 0.3 is 5.69 Å². The number of aromatic amines is 1. The lowest BCUT2D eigenvalue weighted by Crippen LogP contribution is -2.42. The summed E-state index contributed by atoms with van der Waals surface area (Å²) in [5.41, 5.74) is -0.572. The Morgan fingerprint density at radius 2 is 2.16 bits per heavy atom. The summed E-state index contributed by atoms with van der Waals surface area (Å²) in [5.74, 6) is -0.113. The SMILES string of the molecule is CCCc1cn([C@H]2C[C@H](O)[C@@H](CNC(=O)C(C)Oc3ccc(Cl)cc3Cl)O2)c(=O)[nH]c1=O. The Hall–Kier alpha value is -2.33. The molecular formula is C21H25Cl2N3O6. The summed E-state index contributed by atoms with van der Waals surface area (Å²) in [6.45, 7) is 3.50. The van der Waals surface area contributed by atoms with Crippen LogP contribution in [0.4, 0.5) is 0 Å². The number of hydrogen-bond donors (Lipinski definition) is 3. The minimum atomic E-state index is -0.907. The van der Waals surface area contributed by atoms with E-state index < -0.39 is 41.7 Å². The van der Waals surface area contributed by atoms with Crippen molar-refractivity contribution in [2.45, 2.75) is 57.6 Å². The van der Waals surface area contributed by atoms with E-state index in [1.807, 2.05) is 6.92 Å². The predicted octanol–water partition coefficient (Wildman–Crippen LogP) is 2.03. The first-order valence-corrected chi connectivity index (χ1v) is 11.0. The van der Waals surface area contributed by atoms with Crippen molar-refractivity contribution in [3.63, 3.8) is 0 Å². The molecule has 1 unspecified atom stereocenters. The minimum absolute atomic E-state index is 0.0124. The van der Waals surface area contributed by atoms with Crippen LogP contribution in [0, 0.1) is 0 Å². The maximum atomic E-state index is 12.4. The number of hydrogen-bond acceptors (Lipinski definition) is 6. The highest BCUT2D eigenvalue weighted by molar-refractivity contribution is 6.35. The predicted molar refractivity (Wildman–Crippen MR) is 119 cm³/mol. The molecule has 3 rings (SSSR count). The fourth-order valence-corrected chi connectivity index (χ4v) is 3.87. The van der Waals surface area contributed by atoms with E-state index >= 15 is 0 Å². The summed E-state index contributed by atoms with van der Waals surface area (Å²) in [6.07, 6.45) is -0.389. The van der Waals surface area contributed by atoms with Crippen molar-refractivity contribution in [2.24, 2.45) is 0 Å². The van der Waals surface area contributed by atoms with Crippen LogP contribution in [-0.4, -0.2) is 45.4 Å². The van der Waals surface area contributed by atoms with Gasteiger partial charge in [-0.15, -0.1) is 0 Å². The van der Waals surface area contributed by atoms with Crippen LogP contribution in [0.2, 0.25) is 10.0 Å². The van der Waals surface area contributed by atoms with E-state index in [0.29, 0.717) is 22.8 Å². The first-order chi connectivity index (χ1) is 15.2. The quantitative estimate of drug-likeness (QED) is 0.525. The fourth-order valence-electron chi connectivity index (χ4n) is 3.42. The monoisotopic (exact) mass is 485 g/mol. The van der Waals surface area contributed by atoms with E-state index in [2.05, 4.69) is 10.3 Å². The molecule has 1 aromatic heterocycles. The molecule has 0 spiro atoms. The van der Waals surface area contributed by atoms with Crippen LogP contribution in [-0.2, 0) is 16.0 Å². The number of aliphatic hydroxyl groups excluding tert-OH is 1. The number of ether oxygens (including phenoxy) is 2. The molecule has 0 bridgehead atoms. The largest absolute Gasteiger partial charge is 0.479 e. The molecule has 3 N–H and O–H groups in total. The number of aryl methyl sites for hydroxylation is 1. The summed E-state index contributed by atoms with van der Waals surface area (Å²) >= 11 is 11.9. The van der Waals surface area contributed by atoms with Crippen LogP contribution in [0.15, 0.2) is 34.0 Å². The second-order valence-corrected chi connectivity index (χ2v) is 8.43. The molecule has 0 radical (unpaired) electrons. The highest BCUT2D eigenvalue weighted by atomic mass is 35.5. The number of aromatic nitrogens is 2. The number of H-pyrrole nitrogens is 1. The Bertz CT molecular complexity index is 1090. The van der Waals surface area contributed by atoms with Crippen molar-refractivity contribution in [1.82, 2.24) is 14.9 Å². The Labute approximate surface area is 194 Å². The number of halogens is 2. The molecule has 1 aliphatic rings. The molecule has 2 heterocycles. The molecule has 0 saturated carbocycles. The van der Waals surface area contributed by atoms with Gasteiger partial charge in [0.25, 0.3) is 11.5 Å². The lowest BCUT2D eigenvalue weighted by molar-refractivity contribution is -0.128. The molecule has 9 nitrogen and oxygen atoms in total. The smallest absolute Gasteiger partial charge is 0.330 e. The van der Waals surface area contributed by atoms with Gasteiger partial charge in [0.2, 0.25) is 0 Å². The van der Waals surface area contributed by atoms with Gasteiger partial charge in [0.1, 0.15) is 18.1 Å². The average molecular weight is 486 g/mol. The molecule has 1 aromatic carbocycles. The van der Waals surface area contributed by atoms with E-state index in [9.17, 15) is 19.5 Å². The van der Waals surface area contributed by atoms with E-state index in [-0.39, 0.29) is 18.0 Å². The molecule has 4 atom stereocenters. The molecule has 2 aromatic rings. The van der Waals surface area contributed by atoms with Gasteiger partial charge < -0.3 is 19.9 Å². The number of rotatable bonds is 8. The first kappa shape index (κ1) is 24.3. The lowest BCUT2D eigenvalue weighted by Gasteiger charge is -2.19. The molecule has 0 aliphatic carbocycles. The number of benzene rings is 1. The minimum Gasteiger partial charge on any atom is -0.479 e. The summed E-state index contributed by atoms with van der Waals surface area (Å²) in [6, 6.07) is 4.68. The number of aliphatic hydroxyl groups is 1. The Kier molecular flexibility index (Phi) is 8.00. The molecule has 11 heteroatoms. The summed E-state index contributed by atoms with van der Waals surface area (Å²) in [7, 11) is 0. The molecule has 1 saturated heterocycles. The van der Waals surface area contributed by atoms with Gasteiger partial charge in [-0.05, 0) is 31.5 Å². The number of carbonyl (C=O) groups is 1. The first-order valence-electron chi connectivity index (χ1n) is 10.3. The summed E-state index contributed by atoms with van der Waals surface area (Å²) in [5, 5.41) is 13.8. The molecule has 32 heavy (non-hydrogen) atoms. The van der Waals surface area contributed by atoms with E-state index in [4.69, 9.17) is 32.7 Å². The van der Waals surface area contributed by atoms with Crippen LogP contribution in [0.3, 0.4) is 0 Å². The fraction of sp³-hybridized carbons (Fsp3) is 0.476. The Morgan fingerprint density at radius 1 is 1.41 bits per heavy atom. The zero-order valence-electron chi connectivity index (χ0n) is 17.6. The third kappa shape index (κ3) is 5.72. The number of carbonyl (C=O) groups excluding carboxylic acids is 1. The van der Waals surface area contributed by atoms with Crippen LogP contribution in [0.5, 0.6) is 5.75 Å². The summed E-state index contributed by atoms with van der Waals surface area (Å²) in [4.78, 5) is 38.8. The maximum absolute atomic E-state index is 12.4. The molecule has 174 valence electrons. The summed E-state index contributed by atoms with van der Waals surface area (Å²) < 4.78 is 12.6. The molecular weight excluding hydrogens is 461 g/mol. The van der Waals surface area contributed by atoms with Gasteiger partial charge in [-0.2, -0.15) is 0 Å². The number of nitrogens with zero attached hydrogens (tertiary/aromatic N) is 1.